The molecule has 0 atom stereocenters. The maximum absolute atomic E-state index is 14.2. The van der Waals surface area contributed by atoms with E-state index >= 15 is 0 Å². The predicted octanol–water partition coefficient (Wildman–Crippen LogP) is 7.92. The minimum absolute atomic E-state index is 0.0943. The number of halogens is 14. The molecular weight excluding hydrogens is 617 g/mol. The highest BCUT2D eigenvalue weighted by atomic mass is 35.5. The Balaban J connectivity index is 2.56. The fourth-order valence-corrected chi connectivity index (χ4v) is 3.87. The molecule has 2 aromatic rings. The molecule has 0 aliphatic heterocycles. The Morgan fingerprint density at radius 3 is 1.77 bits per heavy atom. The molecule has 0 saturated carbocycles. The fraction of sp³-hybridized carbons (Fsp3) is 0.400. The molecule has 0 bridgehead atoms. The maximum atomic E-state index is 14.2. The Bertz CT molecular complexity index is 1230. The molecule has 0 aliphatic carbocycles. The van der Waals surface area contributed by atoms with Gasteiger partial charge in [0.1, 0.15) is 10.6 Å². The molecule has 1 heterocycles. The lowest BCUT2D eigenvalue weighted by Crippen LogP contribution is -2.71. The number of esters is 1. The van der Waals surface area contributed by atoms with Crippen molar-refractivity contribution in [1.82, 2.24) is 0 Å². The molecule has 0 aliphatic rings. The summed E-state index contributed by atoms with van der Waals surface area (Å²) in [7, 11) is 0. The van der Waals surface area contributed by atoms with Crippen LogP contribution in [-0.2, 0) is 9.53 Å². The van der Waals surface area contributed by atoms with E-state index in [0.29, 0.717) is 0 Å². The summed E-state index contributed by atoms with van der Waals surface area (Å²) >= 11 is 5.87. The third-order valence-electron chi connectivity index (χ3n) is 4.87. The summed E-state index contributed by atoms with van der Waals surface area (Å²) in [5.41, 5.74) is -0.920. The second-order valence-corrected chi connectivity index (χ2v) is 8.72. The van der Waals surface area contributed by atoms with Gasteiger partial charge >= 0.3 is 47.7 Å². The maximum Gasteiger partial charge on any atom is 0.460 e. The zero-order valence-corrected chi connectivity index (χ0v) is 20.1. The smallest absolute Gasteiger partial charge is 0.460 e. The van der Waals surface area contributed by atoms with Crippen molar-refractivity contribution < 1.29 is 71.4 Å². The van der Waals surface area contributed by atoms with Gasteiger partial charge in [-0.1, -0.05) is 23.7 Å². The Morgan fingerprint density at radius 1 is 0.821 bits per heavy atom. The molecule has 0 radical (unpaired) electrons. The third-order valence-corrected chi connectivity index (χ3v) is 6.02. The Hall–Kier alpha value is -2.76. The first-order chi connectivity index (χ1) is 17.5. The van der Waals surface area contributed by atoms with Crippen LogP contribution in [0.25, 0.3) is 11.1 Å². The largest absolute Gasteiger partial charge is 0.462 e. The highest BCUT2D eigenvalue weighted by Gasteiger charge is 2.91. The summed E-state index contributed by atoms with van der Waals surface area (Å²) in [5, 5.41) is 0.994. The molecule has 0 unspecified atom stereocenters. The standard InChI is InChI=1S/C20H11ClF13NO3S/c1-2-38-13(36)11-10(8-3-5-9(21)6-4-8)7-39-12(11)35-14(37)15(22,23)16(24,25)17(26,27)18(28,29)19(30,31)20(32,33)34/h3-7H,2H2,1H3,(H,35,37). The topological polar surface area (TPSA) is 55.4 Å². The lowest BCUT2D eigenvalue weighted by atomic mass is 9.93. The highest BCUT2D eigenvalue weighted by molar-refractivity contribution is 7.15. The van der Waals surface area contributed by atoms with Crippen LogP contribution in [0.3, 0.4) is 0 Å². The van der Waals surface area contributed by atoms with Gasteiger partial charge in [0.25, 0.3) is 0 Å². The fourth-order valence-electron chi connectivity index (χ4n) is 2.79. The zero-order chi connectivity index (χ0) is 30.4. The van der Waals surface area contributed by atoms with E-state index in [0.717, 1.165) is 10.7 Å². The molecular formula is C20H11ClF13NO3S. The Labute approximate surface area is 217 Å². The minimum atomic E-state index is -8.16. The third kappa shape index (κ3) is 5.24. The van der Waals surface area contributed by atoms with Crippen LogP contribution in [0.2, 0.25) is 5.02 Å². The number of anilines is 1. The summed E-state index contributed by atoms with van der Waals surface area (Å²) in [5.74, 6) is -44.0. The van der Waals surface area contributed by atoms with Crippen LogP contribution in [0, 0.1) is 0 Å². The van der Waals surface area contributed by atoms with E-state index in [1.54, 1.807) is 0 Å². The van der Waals surface area contributed by atoms with Crippen LogP contribution in [-0.4, -0.2) is 54.3 Å². The highest BCUT2D eigenvalue weighted by Crippen LogP contribution is 2.60. The van der Waals surface area contributed by atoms with Crippen LogP contribution in [0.5, 0.6) is 0 Å². The van der Waals surface area contributed by atoms with Crippen LogP contribution in [0.15, 0.2) is 29.6 Å². The van der Waals surface area contributed by atoms with Crippen molar-refractivity contribution in [2.75, 3.05) is 11.9 Å². The second-order valence-electron chi connectivity index (χ2n) is 7.40. The molecule has 1 N–H and O–H groups in total. The van der Waals surface area contributed by atoms with Gasteiger partial charge in [-0.3, -0.25) is 4.79 Å². The first-order valence-corrected chi connectivity index (χ1v) is 11.1. The van der Waals surface area contributed by atoms with Gasteiger partial charge in [0.15, 0.2) is 0 Å². The quantitative estimate of drug-likeness (QED) is 0.227. The predicted molar refractivity (Wildman–Crippen MR) is 110 cm³/mol. The number of carbonyl (C=O) groups excluding carboxylic acids is 2. The van der Waals surface area contributed by atoms with Crippen LogP contribution >= 0.6 is 22.9 Å². The number of carbonyl (C=O) groups is 2. The number of alkyl halides is 13. The number of nitrogens with one attached hydrogen (secondary N) is 1. The first kappa shape index (κ1) is 32.5. The van der Waals surface area contributed by atoms with Gasteiger partial charge in [-0.05, 0) is 24.6 Å². The first-order valence-electron chi connectivity index (χ1n) is 9.80. The van der Waals surface area contributed by atoms with E-state index in [9.17, 15) is 66.7 Å². The number of benzene rings is 1. The SMILES string of the molecule is CCOC(=O)c1c(-c2ccc(Cl)cc2)csc1NC(=O)C(F)(F)C(F)(F)C(F)(F)C(F)(F)C(F)(F)C(F)(F)F. The van der Waals surface area contributed by atoms with E-state index in [2.05, 4.69) is 4.74 Å². The second kappa shape index (κ2) is 10.3. The van der Waals surface area contributed by atoms with Crippen molar-refractivity contribution in [2.24, 2.45) is 0 Å². The molecule has 4 nitrogen and oxygen atoms in total. The van der Waals surface area contributed by atoms with Crippen molar-refractivity contribution in [3.8, 4) is 11.1 Å². The van der Waals surface area contributed by atoms with E-state index in [-0.39, 0.29) is 34.1 Å². The number of thiophene rings is 1. The molecule has 218 valence electrons. The van der Waals surface area contributed by atoms with Gasteiger partial charge in [-0.2, -0.15) is 57.1 Å². The average Bonchev–Trinajstić information content (AvgIpc) is 3.21. The van der Waals surface area contributed by atoms with E-state index < -0.39 is 58.2 Å². The lowest BCUT2D eigenvalue weighted by molar-refractivity contribution is -0.435. The zero-order valence-electron chi connectivity index (χ0n) is 18.5. The van der Waals surface area contributed by atoms with Crippen molar-refractivity contribution in [3.05, 3.63) is 40.2 Å². The summed E-state index contributed by atoms with van der Waals surface area (Å²) in [6, 6.07) is 5.06. The van der Waals surface area contributed by atoms with Crippen LogP contribution in [0.4, 0.5) is 62.1 Å². The van der Waals surface area contributed by atoms with E-state index in [1.165, 1.54) is 31.2 Å². The summed E-state index contributed by atoms with van der Waals surface area (Å²) in [6.07, 6.45) is -7.59. The number of hydrogen-bond acceptors (Lipinski definition) is 4. The van der Waals surface area contributed by atoms with Crippen molar-refractivity contribution in [3.63, 3.8) is 0 Å². The number of ether oxygens (including phenoxy) is 1. The normalized spacial score (nSPS) is 13.8. The number of rotatable bonds is 9. The molecule has 0 saturated heterocycles. The monoisotopic (exact) mass is 627 g/mol. The number of amides is 1. The Morgan fingerprint density at radius 2 is 1.31 bits per heavy atom. The van der Waals surface area contributed by atoms with E-state index in [4.69, 9.17) is 11.6 Å². The van der Waals surface area contributed by atoms with Crippen molar-refractivity contribution >= 4 is 39.8 Å². The van der Waals surface area contributed by atoms with Crippen molar-refractivity contribution in [2.45, 2.75) is 42.7 Å². The van der Waals surface area contributed by atoms with Gasteiger partial charge in [0.2, 0.25) is 0 Å². The minimum Gasteiger partial charge on any atom is -0.462 e. The van der Waals surface area contributed by atoms with Gasteiger partial charge < -0.3 is 10.1 Å². The van der Waals surface area contributed by atoms with Gasteiger partial charge in [-0.15, -0.1) is 11.3 Å². The molecule has 19 heteroatoms. The van der Waals surface area contributed by atoms with Gasteiger partial charge in [0, 0.05) is 16.0 Å². The molecule has 1 amide bonds. The summed E-state index contributed by atoms with van der Waals surface area (Å²) in [6.45, 7) is 0.892. The van der Waals surface area contributed by atoms with E-state index in [1.807, 2.05) is 0 Å². The molecule has 1 aromatic carbocycles. The number of hydrogen-bond donors (Lipinski definition) is 1. The van der Waals surface area contributed by atoms with Gasteiger partial charge in [-0.25, -0.2) is 4.79 Å². The van der Waals surface area contributed by atoms with Crippen LogP contribution < -0.4 is 5.32 Å². The van der Waals surface area contributed by atoms with Gasteiger partial charge in [0.05, 0.1) is 6.61 Å². The molecule has 0 spiro atoms. The summed E-state index contributed by atoms with van der Waals surface area (Å²) in [4.78, 5) is 24.3. The van der Waals surface area contributed by atoms with Crippen molar-refractivity contribution in [1.29, 1.82) is 0 Å². The molecule has 39 heavy (non-hydrogen) atoms. The average molecular weight is 628 g/mol. The Kier molecular flexibility index (Phi) is 8.60. The molecule has 0 fully saturated rings. The molecule has 2 rings (SSSR count). The lowest BCUT2D eigenvalue weighted by Gasteiger charge is -2.39. The summed E-state index contributed by atoms with van der Waals surface area (Å²) < 4.78 is 178. The van der Waals surface area contributed by atoms with Crippen LogP contribution in [0.1, 0.15) is 17.3 Å². The molecule has 1 aromatic heterocycles.